The molecular formula is C27H40Cl2NO9S4+. The number of benzene rings is 2. The van der Waals surface area contributed by atoms with Gasteiger partial charge in [-0.15, -0.1) is 0 Å². The van der Waals surface area contributed by atoms with Crippen LogP contribution in [0.25, 0.3) is 0 Å². The molecule has 3 aromatic rings. The van der Waals surface area contributed by atoms with Crippen LogP contribution in [0, 0.1) is 6.92 Å². The van der Waals surface area contributed by atoms with Gasteiger partial charge in [0.05, 0.1) is 32.8 Å². The van der Waals surface area contributed by atoms with Crippen LogP contribution in [-0.4, -0.2) is 61.2 Å². The number of pyridine rings is 1. The number of aromatic nitrogens is 1. The zero-order valence-electron chi connectivity index (χ0n) is 24.9. The van der Waals surface area contributed by atoms with Crippen LogP contribution in [-0.2, 0) is 45.9 Å². The predicted molar refractivity (Wildman–Crippen MR) is 173 cm³/mol. The summed E-state index contributed by atoms with van der Waals surface area (Å²) in [7, 11) is -6.25. The third-order valence-electron chi connectivity index (χ3n) is 4.89. The van der Waals surface area contributed by atoms with E-state index >= 15 is 0 Å². The molecule has 10 nitrogen and oxygen atoms in total. The van der Waals surface area contributed by atoms with Gasteiger partial charge in [-0.05, 0) is 50.2 Å². The SMILES string of the molecule is CCS(=O)(=O)Cl.CCS(=O)(=O)O.CCS(=O)(=O)c1ccc(C)cc1.CCS(=O)(=O)c1ccc(Cl)cc1.C[n+]1ccccc1. The van der Waals surface area contributed by atoms with Gasteiger partial charge < -0.3 is 0 Å². The molecule has 1 N–H and O–H groups in total. The van der Waals surface area contributed by atoms with Crippen LogP contribution in [0.2, 0.25) is 5.02 Å². The van der Waals surface area contributed by atoms with E-state index in [2.05, 4.69) is 10.7 Å². The molecule has 0 saturated heterocycles. The Morgan fingerprint density at radius 3 is 1.19 bits per heavy atom. The van der Waals surface area contributed by atoms with Gasteiger partial charge in [-0.25, -0.2) is 29.8 Å². The second kappa shape index (κ2) is 20.8. The molecule has 1 heterocycles. The van der Waals surface area contributed by atoms with Crippen LogP contribution >= 0.6 is 22.3 Å². The van der Waals surface area contributed by atoms with E-state index in [1.165, 1.54) is 26.0 Å². The quantitative estimate of drug-likeness (QED) is 0.212. The normalized spacial score (nSPS) is 11.1. The van der Waals surface area contributed by atoms with E-state index in [4.69, 9.17) is 16.2 Å². The molecule has 16 heteroatoms. The minimum atomic E-state index is -3.66. The predicted octanol–water partition coefficient (Wildman–Crippen LogP) is 4.90. The van der Waals surface area contributed by atoms with Crippen molar-refractivity contribution in [3.05, 3.63) is 89.7 Å². The second-order valence-electron chi connectivity index (χ2n) is 8.31. The van der Waals surface area contributed by atoms with E-state index in [1.54, 1.807) is 38.1 Å². The lowest BCUT2D eigenvalue weighted by Gasteiger charge is -2.00. The highest BCUT2D eigenvalue weighted by Gasteiger charge is 2.10. The summed E-state index contributed by atoms with van der Waals surface area (Å²) in [5, 5.41) is 0.546. The molecule has 0 aliphatic rings. The first kappa shape index (κ1) is 43.1. The fourth-order valence-electron chi connectivity index (χ4n) is 2.21. The first-order valence-electron chi connectivity index (χ1n) is 12.7. The maximum absolute atomic E-state index is 11.3. The van der Waals surface area contributed by atoms with Crippen molar-refractivity contribution in [1.82, 2.24) is 0 Å². The summed E-state index contributed by atoms with van der Waals surface area (Å²) in [6.07, 6.45) is 4.00. The van der Waals surface area contributed by atoms with Gasteiger partial charge in [0.25, 0.3) is 10.1 Å². The van der Waals surface area contributed by atoms with Crippen LogP contribution < -0.4 is 4.57 Å². The number of halogens is 2. The monoisotopic (exact) mass is 720 g/mol. The van der Waals surface area contributed by atoms with Gasteiger partial charge in [0, 0.05) is 27.8 Å². The van der Waals surface area contributed by atoms with Crippen LogP contribution in [0.1, 0.15) is 33.3 Å². The maximum Gasteiger partial charge on any atom is 0.264 e. The molecular weight excluding hydrogens is 681 g/mol. The number of hydrogen-bond acceptors (Lipinski definition) is 8. The molecule has 0 spiro atoms. The third kappa shape index (κ3) is 23.0. The fourth-order valence-corrected chi connectivity index (χ4v) is 4.10. The fraction of sp³-hybridized carbons (Fsp3) is 0.370. The average Bonchev–Trinajstić information content (AvgIpc) is 2.94. The molecule has 0 bridgehead atoms. The number of aryl methyl sites for hydroxylation is 2. The molecule has 0 atom stereocenters. The summed E-state index contributed by atoms with van der Waals surface area (Å²) >= 11 is 5.61. The lowest BCUT2D eigenvalue weighted by molar-refractivity contribution is -0.671. The summed E-state index contributed by atoms with van der Waals surface area (Å²) in [4.78, 5) is 0.741. The Labute approximate surface area is 266 Å². The van der Waals surface area contributed by atoms with Gasteiger partial charge in [-0.1, -0.05) is 56.1 Å². The van der Waals surface area contributed by atoms with E-state index in [-0.39, 0.29) is 23.0 Å². The van der Waals surface area contributed by atoms with Crippen molar-refractivity contribution in [2.75, 3.05) is 23.0 Å². The van der Waals surface area contributed by atoms with Crippen LogP contribution in [0.4, 0.5) is 0 Å². The highest BCUT2D eigenvalue weighted by atomic mass is 35.7. The smallest absolute Gasteiger partial charge is 0.264 e. The Balaban J connectivity index is 0. The van der Waals surface area contributed by atoms with Crippen molar-refractivity contribution < 1.29 is 42.8 Å². The first-order valence-corrected chi connectivity index (χ1v) is 20.5. The molecule has 43 heavy (non-hydrogen) atoms. The highest BCUT2D eigenvalue weighted by Crippen LogP contribution is 2.15. The Bertz CT molecular complexity index is 1520. The summed E-state index contributed by atoms with van der Waals surface area (Å²) in [5.74, 6) is 0.0895. The topological polar surface area (TPSA) is 161 Å². The van der Waals surface area contributed by atoms with Gasteiger partial charge in [-0.3, -0.25) is 4.55 Å². The van der Waals surface area contributed by atoms with Gasteiger partial charge in [-0.2, -0.15) is 8.42 Å². The van der Waals surface area contributed by atoms with E-state index in [9.17, 15) is 33.7 Å². The lowest BCUT2D eigenvalue weighted by Crippen LogP contribution is -2.25. The number of hydrogen-bond donors (Lipinski definition) is 1. The van der Waals surface area contributed by atoms with Crippen molar-refractivity contribution in [1.29, 1.82) is 0 Å². The van der Waals surface area contributed by atoms with Crippen LogP contribution in [0.3, 0.4) is 0 Å². The second-order valence-corrected chi connectivity index (χ2v) is 18.1. The third-order valence-corrected chi connectivity index (χ3v) is 10.7. The molecule has 0 radical (unpaired) electrons. The highest BCUT2D eigenvalue weighted by molar-refractivity contribution is 8.13. The molecule has 3 rings (SSSR count). The van der Waals surface area contributed by atoms with Crippen molar-refractivity contribution in [2.24, 2.45) is 7.05 Å². The van der Waals surface area contributed by atoms with Crippen molar-refractivity contribution in [3.8, 4) is 0 Å². The molecule has 1 aromatic heterocycles. The number of rotatable bonds is 6. The van der Waals surface area contributed by atoms with Crippen LogP contribution in [0.15, 0.2) is 88.9 Å². The van der Waals surface area contributed by atoms with Crippen molar-refractivity contribution in [2.45, 2.75) is 44.4 Å². The molecule has 0 aliphatic heterocycles. The summed E-state index contributed by atoms with van der Waals surface area (Å²) in [6.45, 7) is 8.05. The lowest BCUT2D eigenvalue weighted by atomic mass is 10.2. The van der Waals surface area contributed by atoms with Crippen LogP contribution in [0.5, 0.6) is 0 Å². The zero-order chi connectivity index (χ0) is 33.9. The maximum atomic E-state index is 11.3. The first-order chi connectivity index (χ1) is 19.6. The standard InChI is InChI=1S/C9H12O2S.C8H9ClO2S.C6H8N.C2H5ClO2S.C2H6O3S/c1-3-12(10,11)9-6-4-8(2)5-7-9;1-2-12(10,11)8-5-3-7(9)4-6-8;1-7-5-3-2-4-6-7;2*1-2-6(3,4)5/h4-7H,3H2,1-2H3;3-6H,2H2,1H3;2-6H,1H3;2H2,1H3;2H2,1H3,(H,3,4,5)/q;;+1;;. The largest absolute Gasteiger partial charge is 0.286 e. The molecule has 0 amide bonds. The summed E-state index contributed by atoms with van der Waals surface area (Å²) in [5.41, 5.74) is 1.07. The van der Waals surface area contributed by atoms with Crippen molar-refractivity contribution >= 4 is 61.1 Å². The molecule has 0 fully saturated rings. The van der Waals surface area contributed by atoms with Gasteiger partial charge in [0.2, 0.25) is 9.05 Å². The minimum Gasteiger partial charge on any atom is -0.286 e. The van der Waals surface area contributed by atoms with E-state index < -0.39 is 38.8 Å². The van der Waals surface area contributed by atoms with Gasteiger partial charge in [0.1, 0.15) is 7.05 Å². The average molecular weight is 722 g/mol. The number of sulfone groups is 2. The molecule has 2 aromatic carbocycles. The minimum absolute atomic E-state index is 0.00849. The van der Waals surface area contributed by atoms with E-state index in [1.807, 2.05) is 61.3 Å². The Hall–Kier alpha value is -2.07. The molecule has 0 unspecified atom stereocenters. The Morgan fingerprint density at radius 2 is 0.953 bits per heavy atom. The Kier molecular flexibility index (Phi) is 20.8. The van der Waals surface area contributed by atoms with Gasteiger partial charge in [0.15, 0.2) is 32.1 Å². The molecule has 0 saturated carbocycles. The van der Waals surface area contributed by atoms with E-state index in [0.717, 1.165) is 5.56 Å². The number of nitrogens with zero attached hydrogens (tertiary/aromatic N) is 1. The Morgan fingerprint density at radius 1 is 0.628 bits per heavy atom. The zero-order valence-corrected chi connectivity index (χ0v) is 29.7. The summed E-state index contributed by atoms with van der Waals surface area (Å²) < 4.78 is 93.6. The molecule has 0 aliphatic carbocycles. The van der Waals surface area contributed by atoms with Crippen molar-refractivity contribution in [3.63, 3.8) is 0 Å². The summed E-state index contributed by atoms with van der Waals surface area (Å²) in [6, 6.07) is 19.1. The van der Waals surface area contributed by atoms with E-state index in [0.29, 0.717) is 14.8 Å². The van der Waals surface area contributed by atoms with Gasteiger partial charge >= 0.3 is 0 Å². The molecule has 244 valence electrons.